The number of hydrogen-bond donors (Lipinski definition) is 2. The fourth-order valence-electron chi connectivity index (χ4n) is 2.86. The number of carbonyl (C=O) groups is 1. The van der Waals surface area contributed by atoms with Crippen molar-refractivity contribution in [2.24, 2.45) is 5.92 Å². The molecular formula is C11H20N2O2S. The summed E-state index contributed by atoms with van der Waals surface area (Å²) in [6.45, 7) is 1.92. The molecule has 0 aromatic carbocycles. The van der Waals surface area contributed by atoms with Gasteiger partial charge in [0.15, 0.2) is 0 Å². The average molecular weight is 244 g/mol. The van der Waals surface area contributed by atoms with Crippen molar-refractivity contribution in [2.45, 2.75) is 44.3 Å². The van der Waals surface area contributed by atoms with Gasteiger partial charge in [0.1, 0.15) is 0 Å². The lowest BCUT2D eigenvalue weighted by Crippen LogP contribution is -2.43. The first-order valence-electron chi connectivity index (χ1n) is 5.92. The van der Waals surface area contributed by atoms with E-state index in [2.05, 4.69) is 10.6 Å². The minimum absolute atomic E-state index is 0.0115. The number of amides is 1. The molecule has 4 nitrogen and oxygen atoms in total. The largest absolute Gasteiger partial charge is 0.352 e. The minimum Gasteiger partial charge on any atom is -0.352 e. The van der Waals surface area contributed by atoms with Crippen LogP contribution < -0.4 is 10.6 Å². The van der Waals surface area contributed by atoms with Gasteiger partial charge in [0.05, 0.1) is 5.92 Å². The highest BCUT2D eigenvalue weighted by Gasteiger charge is 2.42. The van der Waals surface area contributed by atoms with E-state index < -0.39 is 10.8 Å². The van der Waals surface area contributed by atoms with E-state index in [4.69, 9.17) is 0 Å². The zero-order valence-electron chi connectivity index (χ0n) is 9.86. The third-order valence-electron chi connectivity index (χ3n) is 3.51. The summed E-state index contributed by atoms with van der Waals surface area (Å²) in [5.74, 6) is 0.809. The molecule has 1 amide bonds. The van der Waals surface area contributed by atoms with Crippen molar-refractivity contribution in [1.29, 1.82) is 0 Å². The third kappa shape index (κ3) is 2.63. The van der Waals surface area contributed by atoms with Gasteiger partial charge in [0, 0.05) is 40.9 Å². The van der Waals surface area contributed by atoms with Gasteiger partial charge in [-0.1, -0.05) is 0 Å². The lowest BCUT2D eigenvalue weighted by atomic mass is 9.88. The van der Waals surface area contributed by atoms with Crippen LogP contribution in [0.1, 0.15) is 26.2 Å². The summed E-state index contributed by atoms with van der Waals surface area (Å²) in [5.41, 5.74) is 0. The summed E-state index contributed by atoms with van der Waals surface area (Å²) < 4.78 is 11.0. The number of fused-ring (bicyclic) bond motifs is 2. The highest BCUT2D eigenvalue weighted by molar-refractivity contribution is 7.84. The molecule has 2 N–H and O–H groups in total. The molecule has 2 aliphatic heterocycles. The molecule has 2 rings (SSSR count). The quantitative estimate of drug-likeness (QED) is 0.732. The molecule has 5 unspecified atom stereocenters. The summed E-state index contributed by atoms with van der Waals surface area (Å²) in [6.07, 6.45) is 4.97. The van der Waals surface area contributed by atoms with Crippen molar-refractivity contribution in [2.75, 3.05) is 12.0 Å². The Kier molecular flexibility index (Phi) is 3.64. The Morgan fingerprint density at radius 1 is 1.56 bits per heavy atom. The maximum atomic E-state index is 12.0. The van der Waals surface area contributed by atoms with Crippen molar-refractivity contribution < 1.29 is 9.00 Å². The molecule has 2 fully saturated rings. The van der Waals surface area contributed by atoms with Crippen LogP contribution in [0.25, 0.3) is 0 Å². The molecule has 0 aliphatic carbocycles. The average Bonchev–Trinajstić information content (AvgIpc) is 2.76. The Bertz CT molecular complexity index is 308. The molecule has 2 saturated heterocycles. The zero-order chi connectivity index (χ0) is 11.7. The van der Waals surface area contributed by atoms with Crippen molar-refractivity contribution in [3.05, 3.63) is 0 Å². The van der Waals surface area contributed by atoms with Crippen molar-refractivity contribution >= 4 is 16.7 Å². The standard InChI is InChI=1S/C11H20N2O2S/c1-7(6-16(2)15)12-11(14)9-5-8-3-4-10(9)13-8/h7-10,13H,3-6H2,1-2H3,(H,12,14). The van der Waals surface area contributed by atoms with Gasteiger partial charge in [-0.05, 0) is 26.2 Å². The van der Waals surface area contributed by atoms with Crippen LogP contribution in [-0.4, -0.2) is 40.3 Å². The van der Waals surface area contributed by atoms with Crippen molar-refractivity contribution in [3.63, 3.8) is 0 Å². The first kappa shape index (κ1) is 12.0. The van der Waals surface area contributed by atoms with Crippen molar-refractivity contribution in [3.8, 4) is 0 Å². The SMILES string of the molecule is CC(CS(C)=O)NC(=O)C1CC2CCC1N2. The zero-order valence-corrected chi connectivity index (χ0v) is 10.7. The molecule has 0 saturated carbocycles. The van der Waals surface area contributed by atoms with E-state index in [0.717, 1.165) is 12.8 Å². The number of carbonyl (C=O) groups excluding carboxylic acids is 1. The molecule has 92 valence electrons. The third-order valence-corrected chi connectivity index (χ3v) is 4.48. The molecule has 5 atom stereocenters. The van der Waals surface area contributed by atoms with Crippen LogP contribution in [0.15, 0.2) is 0 Å². The maximum Gasteiger partial charge on any atom is 0.224 e. The molecule has 0 radical (unpaired) electrons. The topological polar surface area (TPSA) is 58.2 Å². The van der Waals surface area contributed by atoms with Crippen LogP contribution >= 0.6 is 0 Å². The van der Waals surface area contributed by atoms with Crippen LogP contribution in [-0.2, 0) is 15.6 Å². The Morgan fingerprint density at radius 2 is 2.31 bits per heavy atom. The van der Waals surface area contributed by atoms with Gasteiger partial charge < -0.3 is 10.6 Å². The summed E-state index contributed by atoms with van der Waals surface area (Å²) in [5, 5.41) is 6.42. The predicted molar refractivity (Wildman–Crippen MR) is 64.6 cm³/mol. The molecule has 0 spiro atoms. The van der Waals surface area contributed by atoms with Gasteiger partial charge >= 0.3 is 0 Å². The van der Waals surface area contributed by atoms with Crippen LogP contribution in [0.5, 0.6) is 0 Å². The maximum absolute atomic E-state index is 12.0. The van der Waals surface area contributed by atoms with E-state index in [1.165, 1.54) is 6.42 Å². The van der Waals surface area contributed by atoms with E-state index in [0.29, 0.717) is 17.8 Å². The minimum atomic E-state index is -0.846. The first-order valence-corrected chi connectivity index (χ1v) is 7.65. The van der Waals surface area contributed by atoms with E-state index in [9.17, 15) is 9.00 Å². The highest BCUT2D eigenvalue weighted by atomic mass is 32.2. The van der Waals surface area contributed by atoms with Gasteiger partial charge in [0.2, 0.25) is 5.91 Å². The van der Waals surface area contributed by atoms with Crippen molar-refractivity contribution in [1.82, 2.24) is 10.6 Å². The number of rotatable bonds is 4. The van der Waals surface area contributed by atoms with E-state index in [1.807, 2.05) is 6.92 Å². The van der Waals surface area contributed by atoms with Crippen LogP contribution in [0.2, 0.25) is 0 Å². The lowest BCUT2D eigenvalue weighted by molar-refractivity contribution is -0.126. The van der Waals surface area contributed by atoms with Gasteiger partial charge in [-0.15, -0.1) is 0 Å². The van der Waals surface area contributed by atoms with Gasteiger partial charge in [-0.2, -0.15) is 0 Å². The lowest BCUT2D eigenvalue weighted by Gasteiger charge is -2.21. The van der Waals surface area contributed by atoms with Crippen LogP contribution in [0, 0.1) is 5.92 Å². The molecule has 2 bridgehead atoms. The van der Waals surface area contributed by atoms with E-state index in [1.54, 1.807) is 6.26 Å². The smallest absolute Gasteiger partial charge is 0.224 e. The Labute approximate surface area is 99.0 Å². The van der Waals surface area contributed by atoms with Gasteiger partial charge in [-0.25, -0.2) is 0 Å². The molecule has 2 aliphatic rings. The van der Waals surface area contributed by atoms with Crippen LogP contribution in [0.4, 0.5) is 0 Å². The second-order valence-electron chi connectivity index (χ2n) is 5.04. The highest BCUT2D eigenvalue weighted by Crippen LogP contribution is 2.33. The monoisotopic (exact) mass is 244 g/mol. The van der Waals surface area contributed by atoms with Gasteiger partial charge in [-0.3, -0.25) is 9.00 Å². The normalized spacial score (nSPS) is 36.0. The molecule has 0 aromatic rings. The Balaban J connectivity index is 1.82. The van der Waals surface area contributed by atoms with E-state index in [-0.39, 0.29) is 17.9 Å². The van der Waals surface area contributed by atoms with Gasteiger partial charge in [0.25, 0.3) is 0 Å². The predicted octanol–water partition coefficient (Wildman–Crippen LogP) is 0.0101. The Hall–Kier alpha value is -0.420. The summed E-state index contributed by atoms with van der Waals surface area (Å²) in [6, 6.07) is 0.943. The Morgan fingerprint density at radius 3 is 2.81 bits per heavy atom. The second kappa shape index (κ2) is 4.84. The summed E-state index contributed by atoms with van der Waals surface area (Å²) in [4.78, 5) is 12.0. The van der Waals surface area contributed by atoms with Crippen LogP contribution in [0.3, 0.4) is 0 Å². The first-order chi connectivity index (χ1) is 7.56. The fraction of sp³-hybridized carbons (Fsp3) is 0.909. The molecule has 5 heteroatoms. The number of hydrogen-bond acceptors (Lipinski definition) is 3. The molecule has 2 heterocycles. The summed E-state index contributed by atoms with van der Waals surface area (Å²) in [7, 11) is -0.846. The fourth-order valence-corrected chi connectivity index (χ4v) is 3.65. The molecule has 0 aromatic heterocycles. The van der Waals surface area contributed by atoms with E-state index >= 15 is 0 Å². The summed E-state index contributed by atoms with van der Waals surface area (Å²) >= 11 is 0. The number of nitrogens with one attached hydrogen (secondary N) is 2. The second-order valence-corrected chi connectivity index (χ2v) is 6.52. The molecule has 16 heavy (non-hydrogen) atoms. The molecular weight excluding hydrogens is 224 g/mol.